The molecule has 0 aliphatic carbocycles. The fourth-order valence-electron chi connectivity index (χ4n) is 2.83. The molecule has 0 radical (unpaired) electrons. The van der Waals surface area contributed by atoms with Gasteiger partial charge in [0.25, 0.3) is 10.0 Å². The standard InChI is InChI=1S/C13H19N3O5S/c1-9-3-6-15(7-4-9)22(19,20)11-10(13(17)18)14-16-5-2-8-21-12(11)16/h9H,2-8H2,1H3,(H,17,18). The Kier molecular flexibility index (Phi) is 3.85. The summed E-state index contributed by atoms with van der Waals surface area (Å²) in [4.78, 5) is 11.1. The number of rotatable bonds is 3. The van der Waals surface area contributed by atoms with Crippen molar-refractivity contribution < 1.29 is 23.1 Å². The van der Waals surface area contributed by atoms with Crippen LogP contribution in [0, 0.1) is 5.92 Å². The van der Waals surface area contributed by atoms with Crippen LogP contribution in [-0.4, -0.2) is 53.3 Å². The molecule has 9 heteroatoms. The molecule has 1 fully saturated rings. The number of aryl methyl sites for hydroxylation is 1. The van der Waals surface area contributed by atoms with Crippen LogP contribution in [0.4, 0.5) is 0 Å². The first-order valence-corrected chi connectivity index (χ1v) is 8.82. The van der Waals surface area contributed by atoms with Gasteiger partial charge in [0, 0.05) is 26.1 Å². The lowest BCUT2D eigenvalue weighted by atomic mass is 10.0. The van der Waals surface area contributed by atoms with E-state index in [2.05, 4.69) is 12.0 Å². The third-order valence-electron chi connectivity index (χ3n) is 4.16. The van der Waals surface area contributed by atoms with Crippen LogP contribution in [0.5, 0.6) is 5.88 Å². The van der Waals surface area contributed by atoms with Gasteiger partial charge in [-0.3, -0.25) is 0 Å². The smallest absolute Gasteiger partial charge is 0.357 e. The summed E-state index contributed by atoms with van der Waals surface area (Å²) < 4.78 is 33.9. The summed E-state index contributed by atoms with van der Waals surface area (Å²) in [6, 6.07) is 0. The van der Waals surface area contributed by atoms with Crippen LogP contribution in [0.3, 0.4) is 0 Å². The van der Waals surface area contributed by atoms with Crippen LogP contribution in [0.2, 0.25) is 0 Å². The lowest BCUT2D eigenvalue weighted by Crippen LogP contribution is -2.38. The molecule has 1 N–H and O–H groups in total. The quantitative estimate of drug-likeness (QED) is 0.879. The van der Waals surface area contributed by atoms with E-state index in [1.807, 2.05) is 0 Å². The monoisotopic (exact) mass is 329 g/mol. The minimum atomic E-state index is -3.92. The molecule has 22 heavy (non-hydrogen) atoms. The van der Waals surface area contributed by atoms with Crippen LogP contribution in [-0.2, 0) is 16.6 Å². The Bertz CT molecular complexity index is 689. The second-order valence-corrected chi connectivity index (χ2v) is 7.67. The molecule has 0 amide bonds. The first kappa shape index (κ1) is 15.3. The summed E-state index contributed by atoms with van der Waals surface area (Å²) in [5.74, 6) is -0.820. The molecular formula is C13H19N3O5S. The molecule has 2 aliphatic heterocycles. The molecule has 0 bridgehead atoms. The second-order valence-electron chi connectivity index (χ2n) is 5.80. The minimum Gasteiger partial charge on any atom is -0.477 e. The molecule has 1 aromatic heterocycles. The van der Waals surface area contributed by atoms with Crippen molar-refractivity contribution in [2.75, 3.05) is 19.7 Å². The maximum Gasteiger partial charge on any atom is 0.357 e. The first-order valence-electron chi connectivity index (χ1n) is 7.38. The van der Waals surface area contributed by atoms with E-state index in [1.54, 1.807) is 0 Å². The van der Waals surface area contributed by atoms with Gasteiger partial charge in [0.05, 0.1) is 6.61 Å². The van der Waals surface area contributed by atoms with E-state index in [9.17, 15) is 18.3 Å². The van der Waals surface area contributed by atoms with Gasteiger partial charge in [-0.1, -0.05) is 6.92 Å². The number of fused-ring (bicyclic) bond motifs is 1. The molecule has 0 saturated carbocycles. The predicted octanol–water partition coefficient (Wildman–Crippen LogP) is 0.784. The van der Waals surface area contributed by atoms with Gasteiger partial charge in [0.1, 0.15) is 0 Å². The van der Waals surface area contributed by atoms with Gasteiger partial charge in [0.2, 0.25) is 5.88 Å². The second kappa shape index (κ2) is 5.54. The highest BCUT2D eigenvalue weighted by molar-refractivity contribution is 7.89. The molecule has 122 valence electrons. The molecule has 0 aromatic carbocycles. The van der Waals surface area contributed by atoms with E-state index in [1.165, 1.54) is 8.99 Å². The third-order valence-corrected chi connectivity index (χ3v) is 6.09. The summed E-state index contributed by atoms with van der Waals surface area (Å²) in [7, 11) is -3.92. The highest BCUT2D eigenvalue weighted by Crippen LogP contribution is 2.34. The first-order chi connectivity index (χ1) is 10.4. The SMILES string of the molecule is CC1CCN(S(=O)(=O)c2c(C(=O)O)nn3c2OCCC3)CC1. The van der Waals surface area contributed by atoms with E-state index in [0.717, 1.165) is 12.8 Å². The number of sulfonamides is 1. The van der Waals surface area contributed by atoms with Crippen molar-refractivity contribution >= 4 is 16.0 Å². The van der Waals surface area contributed by atoms with Crippen molar-refractivity contribution in [3.8, 4) is 5.88 Å². The molecule has 2 aliphatic rings. The number of aromatic nitrogens is 2. The number of hydrogen-bond donors (Lipinski definition) is 1. The summed E-state index contributed by atoms with van der Waals surface area (Å²) in [5, 5.41) is 13.2. The van der Waals surface area contributed by atoms with Crippen molar-refractivity contribution in [2.24, 2.45) is 5.92 Å². The maximum absolute atomic E-state index is 12.9. The zero-order valence-electron chi connectivity index (χ0n) is 12.4. The fraction of sp³-hybridized carbons (Fsp3) is 0.692. The van der Waals surface area contributed by atoms with E-state index >= 15 is 0 Å². The van der Waals surface area contributed by atoms with Crippen molar-refractivity contribution in [3.63, 3.8) is 0 Å². The Hall–Kier alpha value is -1.61. The fourth-order valence-corrected chi connectivity index (χ4v) is 4.54. The van der Waals surface area contributed by atoms with Gasteiger partial charge in [-0.05, 0) is 18.8 Å². The molecule has 3 rings (SSSR count). The lowest BCUT2D eigenvalue weighted by molar-refractivity contribution is 0.0685. The van der Waals surface area contributed by atoms with Crippen LogP contribution < -0.4 is 4.74 Å². The minimum absolute atomic E-state index is 0.0577. The summed E-state index contributed by atoms with van der Waals surface area (Å²) in [6.45, 7) is 3.70. The van der Waals surface area contributed by atoms with Crippen LogP contribution in [0.25, 0.3) is 0 Å². The zero-order valence-corrected chi connectivity index (χ0v) is 13.2. The van der Waals surface area contributed by atoms with E-state index in [0.29, 0.717) is 38.6 Å². The van der Waals surface area contributed by atoms with E-state index in [-0.39, 0.29) is 10.8 Å². The number of ether oxygens (including phenoxy) is 1. The number of carbonyl (C=O) groups is 1. The van der Waals surface area contributed by atoms with Gasteiger partial charge in [0.15, 0.2) is 10.6 Å². The molecular weight excluding hydrogens is 310 g/mol. The highest BCUT2D eigenvalue weighted by atomic mass is 32.2. The topological polar surface area (TPSA) is 102 Å². The number of carboxylic acids is 1. The van der Waals surface area contributed by atoms with Gasteiger partial charge in [-0.2, -0.15) is 9.40 Å². The van der Waals surface area contributed by atoms with Crippen molar-refractivity contribution in [2.45, 2.75) is 37.6 Å². The largest absolute Gasteiger partial charge is 0.477 e. The average Bonchev–Trinajstić information content (AvgIpc) is 2.88. The van der Waals surface area contributed by atoms with Gasteiger partial charge in [-0.25, -0.2) is 17.9 Å². The van der Waals surface area contributed by atoms with Crippen molar-refractivity contribution in [1.82, 2.24) is 14.1 Å². The molecule has 8 nitrogen and oxygen atoms in total. The predicted molar refractivity (Wildman–Crippen MR) is 76.5 cm³/mol. The molecule has 0 atom stereocenters. The van der Waals surface area contributed by atoms with Crippen LogP contribution >= 0.6 is 0 Å². The average molecular weight is 329 g/mol. The van der Waals surface area contributed by atoms with Crippen LogP contribution in [0.15, 0.2) is 4.90 Å². The zero-order chi connectivity index (χ0) is 15.9. The van der Waals surface area contributed by atoms with Crippen molar-refractivity contribution in [1.29, 1.82) is 0 Å². The number of hydrogen-bond acceptors (Lipinski definition) is 5. The van der Waals surface area contributed by atoms with Gasteiger partial charge in [-0.15, -0.1) is 0 Å². The number of aromatic carboxylic acids is 1. The molecule has 1 aromatic rings. The van der Waals surface area contributed by atoms with Crippen LogP contribution in [0.1, 0.15) is 36.7 Å². The van der Waals surface area contributed by atoms with Gasteiger partial charge < -0.3 is 9.84 Å². The molecule has 0 unspecified atom stereocenters. The number of piperidine rings is 1. The summed E-state index contributed by atoms with van der Waals surface area (Å²) >= 11 is 0. The molecule has 0 spiro atoms. The Balaban J connectivity index is 2.06. The van der Waals surface area contributed by atoms with Crippen molar-refractivity contribution in [3.05, 3.63) is 5.69 Å². The Morgan fingerprint density at radius 1 is 1.32 bits per heavy atom. The number of carboxylic acid groups (broad SMARTS) is 1. The molecule has 3 heterocycles. The Morgan fingerprint density at radius 3 is 2.64 bits per heavy atom. The maximum atomic E-state index is 12.9. The summed E-state index contributed by atoms with van der Waals surface area (Å²) in [5.41, 5.74) is -0.449. The molecule has 1 saturated heterocycles. The lowest BCUT2D eigenvalue weighted by Gasteiger charge is -2.29. The number of nitrogens with zero attached hydrogens (tertiary/aromatic N) is 3. The normalized spacial score (nSPS) is 20.4. The highest BCUT2D eigenvalue weighted by Gasteiger charge is 2.39. The Morgan fingerprint density at radius 2 is 2.00 bits per heavy atom. The van der Waals surface area contributed by atoms with Gasteiger partial charge >= 0.3 is 5.97 Å². The third kappa shape index (κ3) is 2.48. The Labute approximate surface area is 128 Å². The van der Waals surface area contributed by atoms with E-state index < -0.39 is 21.7 Å². The summed E-state index contributed by atoms with van der Waals surface area (Å²) in [6.07, 6.45) is 2.21. The van der Waals surface area contributed by atoms with E-state index in [4.69, 9.17) is 4.74 Å².